The number of amides is 1. The van der Waals surface area contributed by atoms with Gasteiger partial charge >= 0.3 is 0 Å². The highest BCUT2D eigenvalue weighted by atomic mass is 35.5. The summed E-state index contributed by atoms with van der Waals surface area (Å²) >= 11 is 0. The Kier molecular flexibility index (Phi) is 5.93. The molecule has 3 N–H and O–H groups in total. The van der Waals surface area contributed by atoms with Gasteiger partial charge in [-0.3, -0.25) is 4.79 Å². The SMILES string of the molecule is CCC1(CNC(=O)C2CCCC2N)CCCC1.Cl. The Hall–Kier alpha value is -0.280. The van der Waals surface area contributed by atoms with Gasteiger partial charge in [0.2, 0.25) is 5.91 Å². The average Bonchev–Trinajstić information content (AvgIpc) is 2.95. The van der Waals surface area contributed by atoms with E-state index in [1.807, 2.05) is 0 Å². The molecule has 18 heavy (non-hydrogen) atoms. The number of hydrogen-bond donors (Lipinski definition) is 2. The van der Waals surface area contributed by atoms with E-state index in [2.05, 4.69) is 12.2 Å². The van der Waals surface area contributed by atoms with Crippen LogP contribution in [0.4, 0.5) is 0 Å². The lowest BCUT2D eigenvalue weighted by Gasteiger charge is -2.28. The number of carbonyl (C=O) groups excluding carboxylic acids is 1. The number of rotatable bonds is 4. The van der Waals surface area contributed by atoms with Crippen LogP contribution in [-0.4, -0.2) is 18.5 Å². The quantitative estimate of drug-likeness (QED) is 0.828. The summed E-state index contributed by atoms with van der Waals surface area (Å²) in [5.41, 5.74) is 6.36. The Labute approximate surface area is 117 Å². The zero-order valence-corrected chi connectivity index (χ0v) is 12.2. The van der Waals surface area contributed by atoms with E-state index in [1.165, 1.54) is 32.1 Å². The zero-order valence-electron chi connectivity index (χ0n) is 11.4. The smallest absolute Gasteiger partial charge is 0.224 e. The third-order valence-corrected chi connectivity index (χ3v) is 4.96. The molecule has 2 saturated carbocycles. The van der Waals surface area contributed by atoms with E-state index >= 15 is 0 Å². The van der Waals surface area contributed by atoms with Crippen LogP contribution in [0.2, 0.25) is 0 Å². The van der Waals surface area contributed by atoms with Gasteiger partial charge in [0.25, 0.3) is 0 Å². The minimum atomic E-state index is 0. The van der Waals surface area contributed by atoms with E-state index in [-0.39, 0.29) is 30.3 Å². The molecule has 3 nitrogen and oxygen atoms in total. The van der Waals surface area contributed by atoms with Crippen LogP contribution in [0.3, 0.4) is 0 Å². The minimum Gasteiger partial charge on any atom is -0.355 e. The molecule has 0 aromatic rings. The number of carbonyl (C=O) groups is 1. The van der Waals surface area contributed by atoms with E-state index in [4.69, 9.17) is 5.73 Å². The van der Waals surface area contributed by atoms with Crippen molar-refractivity contribution in [2.75, 3.05) is 6.54 Å². The summed E-state index contributed by atoms with van der Waals surface area (Å²) < 4.78 is 0. The van der Waals surface area contributed by atoms with Gasteiger partial charge < -0.3 is 11.1 Å². The summed E-state index contributed by atoms with van der Waals surface area (Å²) in [6.45, 7) is 3.12. The fourth-order valence-corrected chi connectivity index (χ4v) is 3.50. The molecular weight excluding hydrogens is 248 g/mol. The summed E-state index contributed by atoms with van der Waals surface area (Å²) in [5, 5.41) is 3.17. The molecule has 0 radical (unpaired) electrons. The highest BCUT2D eigenvalue weighted by Gasteiger charge is 2.35. The van der Waals surface area contributed by atoms with Gasteiger partial charge in [0.1, 0.15) is 0 Å². The van der Waals surface area contributed by atoms with E-state index in [9.17, 15) is 4.79 Å². The van der Waals surface area contributed by atoms with Gasteiger partial charge in [-0.2, -0.15) is 0 Å². The number of nitrogens with one attached hydrogen (secondary N) is 1. The van der Waals surface area contributed by atoms with Crippen LogP contribution in [-0.2, 0) is 4.79 Å². The molecule has 0 bridgehead atoms. The Balaban J connectivity index is 0.00000162. The van der Waals surface area contributed by atoms with Crippen molar-refractivity contribution in [1.29, 1.82) is 0 Å². The molecule has 0 heterocycles. The van der Waals surface area contributed by atoms with Crippen LogP contribution in [0.25, 0.3) is 0 Å². The van der Waals surface area contributed by atoms with Gasteiger partial charge in [-0.1, -0.05) is 26.2 Å². The van der Waals surface area contributed by atoms with Crippen LogP contribution in [0.5, 0.6) is 0 Å². The van der Waals surface area contributed by atoms with Crippen LogP contribution in [0.1, 0.15) is 58.3 Å². The zero-order chi connectivity index (χ0) is 12.3. The van der Waals surface area contributed by atoms with Crippen molar-refractivity contribution in [2.45, 2.75) is 64.3 Å². The highest BCUT2D eigenvalue weighted by Crippen LogP contribution is 2.40. The van der Waals surface area contributed by atoms with Gasteiger partial charge in [-0.25, -0.2) is 0 Å². The van der Waals surface area contributed by atoms with Gasteiger partial charge in [0.15, 0.2) is 0 Å². The molecule has 2 fully saturated rings. The van der Waals surface area contributed by atoms with E-state index in [1.54, 1.807) is 0 Å². The predicted molar refractivity (Wildman–Crippen MR) is 76.8 cm³/mol. The molecule has 2 unspecified atom stereocenters. The van der Waals surface area contributed by atoms with Gasteiger partial charge in [-0.15, -0.1) is 12.4 Å². The van der Waals surface area contributed by atoms with E-state index in [0.29, 0.717) is 5.41 Å². The summed E-state index contributed by atoms with van der Waals surface area (Å²) in [6, 6.07) is 0.0937. The molecule has 4 heteroatoms. The van der Waals surface area contributed by atoms with Crippen LogP contribution in [0.15, 0.2) is 0 Å². The maximum atomic E-state index is 12.1. The minimum absolute atomic E-state index is 0. The fraction of sp³-hybridized carbons (Fsp3) is 0.929. The Morgan fingerprint density at radius 2 is 1.94 bits per heavy atom. The first-order valence-electron chi connectivity index (χ1n) is 7.20. The summed E-state index contributed by atoms with van der Waals surface area (Å²) in [6.07, 6.45) is 9.49. The van der Waals surface area contributed by atoms with E-state index < -0.39 is 0 Å². The summed E-state index contributed by atoms with van der Waals surface area (Å²) in [5.74, 6) is 0.278. The maximum Gasteiger partial charge on any atom is 0.224 e. The molecule has 2 rings (SSSR count). The standard InChI is InChI=1S/C14H26N2O.ClH/c1-2-14(8-3-4-9-14)10-16-13(17)11-6-5-7-12(11)15;/h11-12H,2-10,15H2,1H3,(H,16,17);1H. The topological polar surface area (TPSA) is 55.1 Å². The second-order valence-corrected chi connectivity index (χ2v) is 5.98. The predicted octanol–water partition coefficient (Wildman–Crippen LogP) is 2.62. The monoisotopic (exact) mass is 274 g/mol. The van der Waals surface area contributed by atoms with E-state index in [0.717, 1.165) is 25.8 Å². The lowest BCUT2D eigenvalue weighted by molar-refractivity contribution is -0.125. The lowest BCUT2D eigenvalue weighted by Crippen LogP contribution is -2.42. The van der Waals surface area contributed by atoms with Crippen molar-refractivity contribution in [3.05, 3.63) is 0 Å². The van der Waals surface area contributed by atoms with Gasteiger partial charge in [0, 0.05) is 12.6 Å². The molecule has 1 amide bonds. The normalized spacial score (nSPS) is 29.9. The highest BCUT2D eigenvalue weighted by molar-refractivity contribution is 5.85. The molecule has 2 aliphatic carbocycles. The number of nitrogens with two attached hydrogens (primary N) is 1. The van der Waals surface area contributed by atoms with Crippen LogP contribution >= 0.6 is 12.4 Å². The van der Waals surface area contributed by atoms with Crippen molar-refractivity contribution in [2.24, 2.45) is 17.1 Å². The number of hydrogen-bond acceptors (Lipinski definition) is 2. The third kappa shape index (κ3) is 3.39. The van der Waals surface area contributed by atoms with Crippen molar-refractivity contribution in [1.82, 2.24) is 5.32 Å². The maximum absolute atomic E-state index is 12.1. The van der Waals surface area contributed by atoms with Gasteiger partial charge in [0.05, 0.1) is 5.92 Å². The summed E-state index contributed by atoms with van der Waals surface area (Å²) in [7, 11) is 0. The summed E-state index contributed by atoms with van der Waals surface area (Å²) in [4.78, 5) is 12.1. The molecule has 0 spiro atoms. The largest absolute Gasteiger partial charge is 0.355 e. The first-order chi connectivity index (χ1) is 8.17. The Morgan fingerprint density at radius 3 is 2.44 bits per heavy atom. The second kappa shape index (κ2) is 6.76. The first kappa shape index (κ1) is 15.8. The first-order valence-corrected chi connectivity index (χ1v) is 7.20. The molecule has 0 aromatic carbocycles. The van der Waals surface area contributed by atoms with Crippen molar-refractivity contribution in [3.63, 3.8) is 0 Å². The van der Waals surface area contributed by atoms with Crippen molar-refractivity contribution >= 4 is 18.3 Å². The second-order valence-electron chi connectivity index (χ2n) is 5.98. The van der Waals surface area contributed by atoms with Crippen LogP contribution in [0, 0.1) is 11.3 Å². The molecular formula is C14H27ClN2O. The molecule has 0 saturated heterocycles. The average molecular weight is 275 g/mol. The Bertz CT molecular complexity index is 277. The molecule has 2 atom stereocenters. The van der Waals surface area contributed by atoms with Gasteiger partial charge in [-0.05, 0) is 37.5 Å². The molecule has 0 aliphatic heterocycles. The molecule has 2 aliphatic rings. The lowest BCUT2D eigenvalue weighted by atomic mass is 9.83. The Morgan fingerprint density at radius 1 is 1.28 bits per heavy atom. The van der Waals surface area contributed by atoms with Crippen LogP contribution < -0.4 is 11.1 Å². The third-order valence-electron chi connectivity index (χ3n) is 4.96. The van der Waals surface area contributed by atoms with Crippen molar-refractivity contribution < 1.29 is 4.79 Å². The van der Waals surface area contributed by atoms with Crippen molar-refractivity contribution in [3.8, 4) is 0 Å². The number of halogens is 1. The molecule has 106 valence electrons. The molecule has 0 aromatic heterocycles. The fourth-order valence-electron chi connectivity index (χ4n) is 3.50.